The van der Waals surface area contributed by atoms with E-state index in [4.69, 9.17) is 0 Å². The maximum atomic E-state index is 12.5. The highest BCUT2D eigenvalue weighted by atomic mass is 32.2. The van der Waals surface area contributed by atoms with Gasteiger partial charge in [0.15, 0.2) is 4.90 Å². The molecule has 0 aromatic carbocycles. The first-order valence-corrected chi connectivity index (χ1v) is 9.61. The molecular formula is C15H21N5O4S. The van der Waals surface area contributed by atoms with E-state index in [1.54, 1.807) is 0 Å². The molecular weight excluding hydrogens is 346 g/mol. The van der Waals surface area contributed by atoms with E-state index in [1.807, 2.05) is 0 Å². The van der Waals surface area contributed by atoms with E-state index in [0.717, 1.165) is 58.7 Å². The monoisotopic (exact) mass is 367 g/mol. The van der Waals surface area contributed by atoms with Crippen molar-refractivity contribution in [1.29, 1.82) is 0 Å². The molecule has 1 aliphatic rings. The Morgan fingerprint density at radius 3 is 2.68 bits per heavy atom. The summed E-state index contributed by atoms with van der Waals surface area (Å²) in [4.78, 5) is 23.4. The second-order valence-corrected chi connectivity index (χ2v) is 8.00. The number of aromatic amines is 1. The third-order valence-corrected chi connectivity index (χ3v) is 5.91. The fourth-order valence-electron chi connectivity index (χ4n) is 3.07. The summed E-state index contributed by atoms with van der Waals surface area (Å²) in [5.41, 5.74) is 1.35. The summed E-state index contributed by atoms with van der Waals surface area (Å²) < 4.78 is 29.3. The van der Waals surface area contributed by atoms with E-state index in [-0.39, 0.29) is 6.54 Å². The van der Waals surface area contributed by atoms with Crippen molar-refractivity contribution in [3.8, 4) is 0 Å². The molecule has 0 aliphatic heterocycles. The summed E-state index contributed by atoms with van der Waals surface area (Å²) in [7, 11) is -1.42. The number of nitrogens with one attached hydrogen (secondary N) is 2. The number of aromatic nitrogens is 4. The van der Waals surface area contributed by atoms with Crippen molar-refractivity contribution in [3.05, 3.63) is 44.0 Å². The van der Waals surface area contributed by atoms with Crippen LogP contribution in [0.15, 0.2) is 20.7 Å². The Labute approximate surface area is 144 Å². The van der Waals surface area contributed by atoms with Crippen molar-refractivity contribution < 1.29 is 8.42 Å². The Morgan fingerprint density at radius 1 is 1.20 bits per heavy atom. The first kappa shape index (κ1) is 17.6. The van der Waals surface area contributed by atoms with Gasteiger partial charge in [-0.15, -0.1) is 0 Å². The van der Waals surface area contributed by atoms with E-state index in [2.05, 4.69) is 14.9 Å². The van der Waals surface area contributed by atoms with Crippen LogP contribution in [-0.4, -0.2) is 27.7 Å². The quantitative estimate of drug-likeness (QED) is 0.710. The number of fused-ring (bicyclic) bond motifs is 1. The highest BCUT2D eigenvalue weighted by molar-refractivity contribution is 7.89. The van der Waals surface area contributed by atoms with Crippen molar-refractivity contribution in [3.63, 3.8) is 0 Å². The summed E-state index contributed by atoms with van der Waals surface area (Å²) in [5.74, 6) is 0. The van der Waals surface area contributed by atoms with Crippen LogP contribution < -0.4 is 16.0 Å². The highest BCUT2D eigenvalue weighted by Gasteiger charge is 2.23. The van der Waals surface area contributed by atoms with Gasteiger partial charge < -0.3 is 4.57 Å². The molecule has 10 heteroatoms. The smallest absolute Gasteiger partial charge is 0.302 e. The number of hydrogen-bond donors (Lipinski definition) is 2. The van der Waals surface area contributed by atoms with Crippen LogP contribution in [-0.2, 0) is 43.5 Å². The molecule has 9 nitrogen and oxygen atoms in total. The molecule has 0 atom stereocenters. The molecule has 0 saturated carbocycles. The highest BCUT2D eigenvalue weighted by Crippen LogP contribution is 2.21. The molecule has 2 aromatic heterocycles. The molecule has 0 spiro atoms. The van der Waals surface area contributed by atoms with Crippen molar-refractivity contribution in [2.45, 2.75) is 43.5 Å². The molecule has 0 radical (unpaired) electrons. The third kappa shape index (κ3) is 3.31. The lowest BCUT2D eigenvalue weighted by Crippen LogP contribution is -2.41. The first-order chi connectivity index (χ1) is 11.8. The number of aryl methyl sites for hydroxylation is 2. The molecule has 0 saturated heterocycles. The summed E-state index contributed by atoms with van der Waals surface area (Å²) >= 11 is 0. The maximum Gasteiger partial charge on any atom is 0.330 e. The molecule has 25 heavy (non-hydrogen) atoms. The van der Waals surface area contributed by atoms with Crippen LogP contribution in [0.3, 0.4) is 0 Å². The summed E-state index contributed by atoms with van der Waals surface area (Å²) in [5, 5.41) is 7.20. The Morgan fingerprint density at radius 2 is 1.92 bits per heavy atom. The Kier molecular flexibility index (Phi) is 4.65. The number of sulfonamides is 1. The lowest BCUT2D eigenvalue weighted by molar-refractivity contribution is 0.569. The summed E-state index contributed by atoms with van der Waals surface area (Å²) in [6.45, 7) is 0.000160. The largest absolute Gasteiger partial charge is 0.330 e. The number of nitrogens with zero attached hydrogens (tertiary/aromatic N) is 3. The van der Waals surface area contributed by atoms with Crippen LogP contribution in [0.25, 0.3) is 0 Å². The van der Waals surface area contributed by atoms with Crippen LogP contribution in [0, 0.1) is 0 Å². The van der Waals surface area contributed by atoms with Gasteiger partial charge in [0.1, 0.15) is 0 Å². The number of hydrogen-bond acceptors (Lipinski definition) is 5. The topological polar surface area (TPSA) is 119 Å². The number of rotatable bonds is 4. The Bertz CT molecular complexity index is 1020. The fourth-order valence-corrected chi connectivity index (χ4v) is 4.22. The van der Waals surface area contributed by atoms with Crippen LogP contribution >= 0.6 is 0 Å². The summed E-state index contributed by atoms with van der Waals surface area (Å²) in [6.07, 6.45) is 6.10. The average Bonchev–Trinajstić information content (AvgIpc) is 2.80. The molecule has 1 aliphatic carbocycles. The molecule has 0 fully saturated rings. The van der Waals surface area contributed by atoms with Gasteiger partial charge in [0, 0.05) is 26.0 Å². The van der Waals surface area contributed by atoms with Crippen molar-refractivity contribution in [2.24, 2.45) is 14.1 Å². The molecule has 0 amide bonds. The van der Waals surface area contributed by atoms with Gasteiger partial charge in [-0.2, -0.15) is 5.10 Å². The second-order valence-electron chi connectivity index (χ2n) is 6.26. The normalized spacial score (nSPS) is 15.0. The van der Waals surface area contributed by atoms with Gasteiger partial charge in [0.2, 0.25) is 10.0 Å². The van der Waals surface area contributed by atoms with E-state index in [0.29, 0.717) is 5.69 Å². The zero-order valence-corrected chi connectivity index (χ0v) is 15.0. The number of H-pyrrole nitrogens is 1. The second kappa shape index (κ2) is 6.60. The standard InChI is InChI=1S/C15H21N5O4S/c1-19-9-13(14(21)20(2)15(19)22)25(23,24)16-8-12-10-6-4-3-5-7-11(10)17-18-12/h9,16H,3-8H2,1-2H3,(H,17,18). The molecule has 2 aromatic rings. The van der Waals surface area contributed by atoms with Gasteiger partial charge in [-0.05, 0) is 31.2 Å². The minimum Gasteiger partial charge on any atom is -0.302 e. The molecule has 3 rings (SSSR count). The minimum absolute atomic E-state index is 0.000160. The van der Waals surface area contributed by atoms with Gasteiger partial charge in [-0.25, -0.2) is 17.9 Å². The third-order valence-electron chi connectivity index (χ3n) is 4.53. The van der Waals surface area contributed by atoms with E-state index in [9.17, 15) is 18.0 Å². The average molecular weight is 367 g/mol. The molecule has 0 unspecified atom stereocenters. The predicted octanol–water partition coefficient (Wildman–Crippen LogP) is -0.446. The van der Waals surface area contributed by atoms with Gasteiger partial charge >= 0.3 is 5.69 Å². The van der Waals surface area contributed by atoms with Gasteiger partial charge in [-0.3, -0.25) is 14.5 Å². The zero-order valence-electron chi connectivity index (χ0n) is 14.2. The summed E-state index contributed by atoms with van der Waals surface area (Å²) in [6, 6.07) is 0. The van der Waals surface area contributed by atoms with Gasteiger partial charge in [0.25, 0.3) is 5.56 Å². The van der Waals surface area contributed by atoms with E-state index >= 15 is 0 Å². The molecule has 136 valence electrons. The lowest BCUT2D eigenvalue weighted by atomic mass is 10.1. The van der Waals surface area contributed by atoms with Crippen LogP contribution in [0.4, 0.5) is 0 Å². The van der Waals surface area contributed by atoms with Crippen LogP contribution in [0.1, 0.15) is 36.2 Å². The Hall–Kier alpha value is -2.20. The molecule has 0 bridgehead atoms. The molecule has 2 heterocycles. The van der Waals surface area contributed by atoms with E-state index in [1.165, 1.54) is 14.1 Å². The lowest BCUT2D eigenvalue weighted by Gasteiger charge is -2.09. The van der Waals surface area contributed by atoms with Gasteiger partial charge in [-0.1, -0.05) is 6.42 Å². The SMILES string of the molecule is Cn1cc(S(=O)(=O)NCc2n[nH]c3c2CCCCC3)c(=O)n(C)c1=O. The minimum atomic E-state index is -4.06. The van der Waals surface area contributed by atoms with E-state index < -0.39 is 26.2 Å². The van der Waals surface area contributed by atoms with Crippen molar-refractivity contribution in [2.75, 3.05) is 0 Å². The zero-order chi connectivity index (χ0) is 18.2. The maximum absolute atomic E-state index is 12.5. The van der Waals surface area contributed by atoms with Crippen molar-refractivity contribution in [1.82, 2.24) is 24.1 Å². The fraction of sp³-hybridized carbons (Fsp3) is 0.533. The Balaban J connectivity index is 1.88. The van der Waals surface area contributed by atoms with Crippen LogP contribution in [0.2, 0.25) is 0 Å². The predicted molar refractivity (Wildman–Crippen MR) is 90.8 cm³/mol. The first-order valence-electron chi connectivity index (χ1n) is 8.12. The van der Waals surface area contributed by atoms with Crippen molar-refractivity contribution >= 4 is 10.0 Å². The van der Waals surface area contributed by atoms with Crippen LogP contribution in [0.5, 0.6) is 0 Å². The molecule has 2 N–H and O–H groups in total. The van der Waals surface area contributed by atoms with Gasteiger partial charge in [0.05, 0.1) is 12.2 Å².